The summed E-state index contributed by atoms with van der Waals surface area (Å²) in [5, 5.41) is 4.01. The van der Waals surface area contributed by atoms with Crippen LogP contribution in [0.2, 0.25) is 0 Å². The molecule has 0 aromatic heterocycles. The summed E-state index contributed by atoms with van der Waals surface area (Å²) < 4.78 is 0. The van der Waals surface area contributed by atoms with Crippen molar-refractivity contribution in [1.82, 2.24) is 10.2 Å². The second-order valence-electron chi connectivity index (χ2n) is 3.12. The molecule has 2 nitrogen and oxygen atoms in total. The standard InChI is InChI=1S/C8H14Cl2N2/c1-12(6-7(10)4-9)8-2-3-11-5-8/h4,8,11H,2-3,5-6H2,1H3. The van der Waals surface area contributed by atoms with Gasteiger partial charge in [0.05, 0.1) is 0 Å². The fourth-order valence-electron chi connectivity index (χ4n) is 1.42. The van der Waals surface area contributed by atoms with Crippen molar-refractivity contribution in [1.29, 1.82) is 0 Å². The van der Waals surface area contributed by atoms with Crippen molar-refractivity contribution in [2.45, 2.75) is 12.5 Å². The average molecular weight is 209 g/mol. The van der Waals surface area contributed by atoms with Gasteiger partial charge < -0.3 is 5.32 Å². The number of nitrogens with one attached hydrogen (secondary N) is 1. The van der Waals surface area contributed by atoms with Crippen LogP contribution in [0.25, 0.3) is 0 Å². The summed E-state index contributed by atoms with van der Waals surface area (Å²) in [6, 6.07) is 0.607. The molecule has 1 saturated heterocycles. The smallest absolute Gasteiger partial charge is 0.0434 e. The molecule has 0 saturated carbocycles. The molecule has 1 heterocycles. The van der Waals surface area contributed by atoms with Gasteiger partial charge in [-0.2, -0.15) is 0 Å². The zero-order valence-corrected chi connectivity index (χ0v) is 8.70. The van der Waals surface area contributed by atoms with Gasteiger partial charge in [0.2, 0.25) is 0 Å². The molecule has 0 amide bonds. The molecule has 0 radical (unpaired) electrons. The highest BCUT2D eigenvalue weighted by molar-refractivity contribution is 6.36. The highest BCUT2D eigenvalue weighted by Crippen LogP contribution is 2.11. The molecular weight excluding hydrogens is 195 g/mol. The number of nitrogens with zero attached hydrogens (tertiary/aromatic N) is 1. The normalized spacial score (nSPS) is 25.3. The van der Waals surface area contributed by atoms with E-state index in [1.807, 2.05) is 0 Å². The lowest BCUT2D eigenvalue weighted by atomic mass is 10.2. The van der Waals surface area contributed by atoms with Gasteiger partial charge in [-0.1, -0.05) is 23.2 Å². The Morgan fingerprint density at radius 1 is 1.75 bits per heavy atom. The Kier molecular flexibility index (Phi) is 4.36. The Hall–Kier alpha value is 0.240. The first kappa shape index (κ1) is 10.3. The lowest BCUT2D eigenvalue weighted by Gasteiger charge is -2.22. The lowest BCUT2D eigenvalue weighted by molar-refractivity contribution is 0.282. The molecule has 70 valence electrons. The van der Waals surface area contributed by atoms with E-state index < -0.39 is 0 Å². The molecular formula is C8H14Cl2N2. The minimum Gasteiger partial charge on any atom is -0.315 e. The second kappa shape index (κ2) is 5.07. The summed E-state index contributed by atoms with van der Waals surface area (Å²) in [5.74, 6) is 0. The summed E-state index contributed by atoms with van der Waals surface area (Å²) >= 11 is 11.3. The Morgan fingerprint density at radius 3 is 3.00 bits per heavy atom. The van der Waals surface area contributed by atoms with E-state index in [0.29, 0.717) is 11.1 Å². The van der Waals surface area contributed by atoms with Crippen LogP contribution < -0.4 is 5.32 Å². The summed E-state index contributed by atoms with van der Waals surface area (Å²) in [7, 11) is 2.07. The van der Waals surface area contributed by atoms with Crippen molar-refractivity contribution in [2.75, 3.05) is 26.7 Å². The van der Waals surface area contributed by atoms with Crippen LogP contribution in [-0.2, 0) is 0 Å². The van der Waals surface area contributed by atoms with E-state index in [-0.39, 0.29) is 0 Å². The highest BCUT2D eigenvalue weighted by atomic mass is 35.5. The van der Waals surface area contributed by atoms with E-state index in [1.54, 1.807) is 0 Å². The highest BCUT2D eigenvalue weighted by Gasteiger charge is 2.18. The molecule has 0 aromatic rings. The van der Waals surface area contributed by atoms with Crippen molar-refractivity contribution in [3.8, 4) is 0 Å². The molecule has 1 unspecified atom stereocenters. The number of hydrogen-bond donors (Lipinski definition) is 1. The topological polar surface area (TPSA) is 15.3 Å². The minimum absolute atomic E-state index is 0.607. The zero-order chi connectivity index (χ0) is 8.97. The first-order valence-electron chi connectivity index (χ1n) is 4.09. The van der Waals surface area contributed by atoms with Crippen LogP contribution in [0, 0.1) is 0 Å². The molecule has 1 aliphatic heterocycles. The molecule has 0 bridgehead atoms. The fourth-order valence-corrected chi connectivity index (χ4v) is 1.68. The SMILES string of the molecule is CN(CC(Cl)=CCl)C1CCNC1. The molecule has 4 heteroatoms. The fraction of sp³-hybridized carbons (Fsp3) is 0.750. The number of likely N-dealkylation sites (N-methyl/N-ethyl adjacent to an activating group) is 1. The van der Waals surface area contributed by atoms with Gasteiger partial charge in [0.15, 0.2) is 0 Å². The van der Waals surface area contributed by atoms with E-state index in [9.17, 15) is 0 Å². The Morgan fingerprint density at radius 2 is 2.50 bits per heavy atom. The van der Waals surface area contributed by atoms with Crippen LogP contribution in [0.5, 0.6) is 0 Å². The largest absolute Gasteiger partial charge is 0.315 e. The molecule has 1 fully saturated rings. The van der Waals surface area contributed by atoms with Gasteiger partial charge in [-0.3, -0.25) is 4.90 Å². The first-order chi connectivity index (χ1) is 5.74. The number of halogens is 2. The molecule has 1 atom stereocenters. The predicted molar refractivity (Wildman–Crippen MR) is 53.7 cm³/mol. The van der Waals surface area contributed by atoms with Gasteiger partial charge >= 0.3 is 0 Å². The van der Waals surface area contributed by atoms with Gasteiger partial charge in [0.25, 0.3) is 0 Å². The summed E-state index contributed by atoms with van der Waals surface area (Å²) in [4.78, 5) is 2.22. The van der Waals surface area contributed by atoms with Gasteiger partial charge in [0, 0.05) is 29.7 Å². The van der Waals surface area contributed by atoms with E-state index in [0.717, 1.165) is 19.6 Å². The Bertz CT molecular complexity index is 164. The van der Waals surface area contributed by atoms with E-state index >= 15 is 0 Å². The van der Waals surface area contributed by atoms with E-state index in [2.05, 4.69) is 17.3 Å². The third kappa shape index (κ3) is 2.94. The quantitative estimate of drug-likeness (QED) is 0.759. The van der Waals surface area contributed by atoms with Crippen molar-refractivity contribution in [3.63, 3.8) is 0 Å². The summed E-state index contributed by atoms with van der Waals surface area (Å²) in [6.45, 7) is 2.91. The molecule has 12 heavy (non-hydrogen) atoms. The molecule has 0 aliphatic carbocycles. The van der Waals surface area contributed by atoms with Crippen molar-refractivity contribution in [2.24, 2.45) is 0 Å². The van der Waals surface area contributed by atoms with Gasteiger partial charge in [-0.05, 0) is 20.0 Å². The predicted octanol–water partition coefficient (Wildman–Crippen LogP) is 1.60. The van der Waals surface area contributed by atoms with Crippen molar-refractivity contribution < 1.29 is 0 Å². The average Bonchev–Trinajstić information content (AvgIpc) is 2.56. The molecule has 1 aliphatic rings. The molecule has 1 rings (SSSR count). The maximum atomic E-state index is 5.81. The van der Waals surface area contributed by atoms with E-state index in [4.69, 9.17) is 23.2 Å². The van der Waals surface area contributed by atoms with Gasteiger partial charge in [0.1, 0.15) is 0 Å². The third-order valence-corrected chi connectivity index (χ3v) is 2.78. The van der Waals surface area contributed by atoms with Gasteiger partial charge in [-0.15, -0.1) is 0 Å². The number of hydrogen-bond acceptors (Lipinski definition) is 2. The van der Waals surface area contributed by atoms with Crippen LogP contribution >= 0.6 is 23.2 Å². The maximum Gasteiger partial charge on any atom is 0.0434 e. The second-order valence-corrected chi connectivity index (χ2v) is 3.82. The molecule has 1 N–H and O–H groups in total. The molecule has 0 aromatic carbocycles. The minimum atomic E-state index is 0.607. The zero-order valence-electron chi connectivity index (χ0n) is 7.19. The van der Waals surface area contributed by atoms with E-state index in [1.165, 1.54) is 12.0 Å². The Labute approximate surface area is 83.5 Å². The van der Waals surface area contributed by atoms with Crippen molar-refractivity contribution >= 4 is 23.2 Å². The van der Waals surface area contributed by atoms with Gasteiger partial charge in [-0.25, -0.2) is 0 Å². The number of rotatable bonds is 3. The Balaban J connectivity index is 2.31. The monoisotopic (exact) mass is 208 g/mol. The lowest BCUT2D eigenvalue weighted by Crippen LogP contribution is -2.34. The van der Waals surface area contributed by atoms with Crippen LogP contribution in [0.3, 0.4) is 0 Å². The van der Waals surface area contributed by atoms with Crippen molar-refractivity contribution in [3.05, 3.63) is 10.6 Å². The third-order valence-electron chi connectivity index (χ3n) is 2.18. The van der Waals surface area contributed by atoms with Crippen LogP contribution in [0.15, 0.2) is 10.6 Å². The summed E-state index contributed by atoms with van der Waals surface area (Å²) in [6.07, 6.45) is 1.20. The first-order valence-corrected chi connectivity index (χ1v) is 4.91. The summed E-state index contributed by atoms with van der Waals surface area (Å²) in [5.41, 5.74) is 1.43. The van der Waals surface area contributed by atoms with Crippen LogP contribution in [0.1, 0.15) is 6.42 Å². The molecule has 0 spiro atoms. The van der Waals surface area contributed by atoms with Crippen LogP contribution in [-0.4, -0.2) is 37.6 Å². The maximum absolute atomic E-state index is 5.81. The van der Waals surface area contributed by atoms with Crippen LogP contribution in [0.4, 0.5) is 0 Å².